The van der Waals surface area contributed by atoms with Crippen LogP contribution in [0.1, 0.15) is 34.7 Å². The Bertz CT molecular complexity index is 648. The zero-order valence-corrected chi connectivity index (χ0v) is 15.2. The molecule has 1 aromatic heterocycles. The molecule has 0 spiro atoms. The number of hydrogen-bond acceptors (Lipinski definition) is 4. The molecule has 1 aliphatic rings. The Morgan fingerprint density at radius 3 is 2.62 bits per heavy atom. The van der Waals surface area contributed by atoms with E-state index in [1.807, 2.05) is 30.0 Å². The quantitative estimate of drug-likeness (QED) is 0.896. The Hall–Kier alpha value is -1.56. The molecule has 1 aromatic carbocycles. The fourth-order valence-corrected chi connectivity index (χ4v) is 3.20. The van der Waals surface area contributed by atoms with Crippen LogP contribution >= 0.6 is 24.8 Å². The summed E-state index contributed by atoms with van der Waals surface area (Å²) in [7, 11) is 0. The summed E-state index contributed by atoms with van der Waals surface area (Å²) in [6, 6.07) is 10.3. The van der Waals surface area contributed by atoms with Crippen molar-refractivity contribution in [3.63, 3.8) is 0 Å². The maximum Gasteiger partial charge on any atom is 0.276 e. The van der Waals surface area contributed by atoms with E-state index in [9.17, 15) is 4.79 Å². The monoisotopic (exact) mass is 371 g/mol. The van der Waals surface area contributed by atoms with Crippen molar-refractivity contribution >= 4 is 30.7 Å². The molecular formula is C17H23Cl2N3O2. The molecule has 2 N–H and O–H groups in total. The number of aryl methyl sites for hydroxylation is 1. The van der Waals surface area contributed by atoms with Gasteiger partial charge >= 0.3 is 0 Å². The van der Waals surface area contributed by atoms with Gasteiger partial charge in [-0.05, 0) is 18.0 Å². The van der Waals surface area contributed by atoms with E-state index in [2.05, 4.69) is 17.1 Å². The second kappa shape index (κ2) is 9.06. The lowest BCUT2D eigenvalue weighted by molar-refractivity contribution is 0.0779. The number of amides is 1. The van der Waals surface area contributed by atoms with Crippen LogP contribution < -0.4 is 5.73 Å². The third-order valence-corrected chi connectivity index (χ3v) is 4.42. The third kappa shape index (κ3) is 3.91. The standard InChI is InChI=1S/C17H21N3O2.2ClH/c1-2-15-16(19-11-22-15)17(21)20-9-13(8-18)14(10-20)12-6-4-3-5-7-12;;/h3-7,11,13-14H,2,8-10,18H2,1H3;2*1H/t13-,14+;;/m1../s1. The maximum atomic E-state index is 12.7. The van der Waals surface area contributed by atoms with Crippen LogP contribution in [0.5, 0.6) is 0 Å². The molecule has 0 radical (unpaired) electrons. The van der Waals surface area contributed by atoms with Crippen LogP contribution in [-0.2, 0) is 6.42 Å². The van der Waals surface area contributed by atoms with Crippen molar-refractivity contribution in [2.45, 2.75) is 19.3 Å². The number of nitrogens with zero attached hydrogens (tertiary/aromatic N) is 2. The van der Waals surface area contributed by atoms with Gasteiger partial charge in [0.05, 0.1) is 0 Å². The van der Waals surface area contributed by atoms with Crippen molar-refractivity contribution in [1.29, 1.82) is 0 Å². The SMILES string of the molecule is CCc1ocnc1C(=O)N1C[C@@H](CN)[C@H](c2ccccc2)C1.Cl.Cl. The number of hydrogen-bond donors (Lipinski definition) is 1. The van der Waals surface area contributed by atoms with Crippen molar-refractivity contribution in [3.05, 3.63) is 53.7 Å². The molecular weight excluding hydrogens is 349 g/mol. The summed E-state index contributed by atoms with van der Waals surface area (Å²) in [6.45, 7) is 3.88. The van der Waals surface area contributed by atoms with E-state index in [1.165, 1.54) is 12.0 Å². The molecule has 0 unspecified atom stereocenters. The molecule has 2 atom stereocenters. The average molecular weight is 372 g/mol. The number of likely N-dealkylation sites (tertiary alicyclic amines) is 1. The highest BCUT2D eigenvalue weighted by Gasteiger charge is 2.36. The Balaban J connectivity index is 0.00000144. The van der Waals surface area contributed by atoms with E-state index in [4.69, 9.17) is 10.2 Å². The van der Waals surface area contributed by atoms with Gasteiger partial charge in [-0.1, -0.05) is 37.3 Å². The average Bonchev–Trinajstić information content (AvgIpc) is 3.21. The fraction of sp³-hybridized carbons (Fsp3) is 0.412. The van der Waals surface area contributed by atoms with Crippen LogP contribution in [0.4, 0.5) is 0 Å². The molecule has 132 valence electrons. The van der Waals surface area contributed by atoms with Crippen LogP contribution in [0.25, 0.3) is 0 Å². The van der Waals surface area contributed by atoms with Crippen molar-refractivity contribution in [2.75, 3.05) is 19.6 Å². The molecule has 0 bridgehead atoms. The first-order valence-electron chi connectivity index (χ1n) is 7.71. The van der Waals surface area contributed by atoms with Gasteiger partial charge in [-0.3, -0.25) is 4.79 Å². The highest BCUT2D eigenvalue weighted by molar-refractivity contribution is 5.93. The van der Waals surface area contributed by atoms with E-state index in [1.54, 1.807) is 0 Å². The van der Waals surface area contributed by atoms with Crippen LogP contribution in [0.2, 0.25) is 0 Å². The Labute approximate surface area is 154 Å². The predicted molar refractivity (Wildman–Crippen MR) is 98.0 cm³/mol. The lowest BCUT2D eigenvalue weighted by atomic mass is 9.89. The van der Waals surface area contributed by atoms with Gasteiger partial charge in [0.2, 0.25) is 0 Å². The van der Waals surface area contributed by atoms with Crippen LogP contribution in [0.3, 0.4) is 0 Å². The van der Waals surface area contributed by atoms with Crippen molar-refractivity contribution < 1.29 is 9.21 Å². The molecule has 3 rings (SSSR count). The van der Waals surface area contributed by atoms with Gasteiger partial charge in [-0.2, -0.15) is 0 Å². The van der Waals surface area contributed by atoms with E-state index in [0.717, 1.165) is 0 Å². The topological polar surface area (TPSA) is 72.4 Å². The van der Waals surface area contributed by atoms with Gasteiger partial charge in [-0.15, -0.1) is 24.8 Å². The fourth-order valence-electron chi connectivity index (χ4n) is 3.20. The van der Waals surface area contributed by atoms with E-state index >= 15 is 0 Å². The lowest BCUT2D eigenvalue weighted by Gasteiger charge is -2.16. The predicted octanol–water partition coefficient (Wildman–Crippen LogP) is 2.90. The number of rotatable bonds is 4. The summed E-state index contributed by atoms with van der Waals surface area (Å²) >= 11 is 0. The van der Waals surface area contributed by atoms with Crippen molar-refractivity contribution in [2.24, 2.45) is 11.7 Å². The molecule has 7 heteroatoms. The van der Waals surface area contributed by atoms with E-state index in [0.29, 0.717) is 37.5 Å². The van der Waals surface area contributed by atoms with Crippen LogP contribution in [-0.4, -0.2) is 35.4 Å². The summed E-state index contributed by atoms with van der Waals surface area (Å²) in [5.74, 6) is 1.16. The van der Waals surface area contributed by atoms with E-state index < -0.39 is 0 Å². The van der Waals surface area contributed by atoms with Gasteiger partial charge in [0, 0.05) is 25.4 Å². The number of carbonyl (C=O) groups is 1. The lowest BCUT2D eigenvalue weighted by Crippen LogP contribution is -2.30. The number of oxazole rings is 1. The molecule has 2 aromatic rings. The normalized spacial score (nSPS) is 19.5. The maximum absolute atomic E-state index is 12.7. The first-order valence-corrected chi connectivity index (χ1v) is 7.71. The Morgan fingerprint density at radius 2 is 2.00 bits per heavy atom. The minimum atomic E-state index is -0.0533. The molecule has 2 heterocycles. The molecule has 1 fully saturated rings. The number of benzene rings is 1. The third-order valence-electron chi connectivity index (χ3n) is 4.42. The number of carbonyl (C=O) groups excluding carboxylic acids is 1. The van der Waals surface area contributed by atoms with Gasteiger partial charge in [0.15, 0.2) is 12.1 Å². The van der Waals surface area contributed by atoms with Crippen molar-refractivity contribution in [1.82, 2.24) is 9.88 Å². The summed E-state index contributed by atoms with van der Waals surface area (Å²) in [4.78, 5) is 18.6. The summed E-state index contributed by atoms with van der Waals surface area (Å²) in [5, 5.41) is 0. The number of nitrogens with two attached hydrogens (primary N) is 1. The summed E-state index contributed by atoms with van der Waals surface area (Å²) in [5.41, 5.74) is 7.60. The summed E-state index contributed by atoms with van der Waals surface area (Å²) in [6.07, 6.45) is 2.01. The Morgan fingerprint density at radius 1 is 1.29 bits per heavy atom. The first kappa shape index (κ1) is 20.5. The smallest absolute Gasteiger partial charge is 0.276 e. The zero-order chi connectivity index (χ0) is 15.5. The molecule has 0 saturated carbocycles. The number of aromatic nitrogens is 1. The Kier molecular flexibility index (Phi) is 7.73. The van der Waals surface area contributed by atoms with Gasteiger partial charge in [0.1, 0.15) is 5.76 Å². The molecule has 0 aliphatic carbocycles. The molecule has 1 aliphatic heterocycles. The molecule has 24 heavy (non-hydrogen) atoms. The van der Waals surface area contributed by atoms with E-state index in [-0.39, 0.29) is 42.6 Å². The van der Waals surface area contributed by atoms with Crippen LogP contribution in [0.15, 0.2) is 41.1 Å². The van der Waals surface area contributed by atoms with Crippen LogP contribution in [0, 0.1) is 5.92 Å². The highest BCUT2D eigenvalue weighted by Crippen LogP contribution is 2.32. The molecule has 5 nitrogen and oxygen atoms in total. The minimum absolute atomic E-state index is 0. The van der Waals surface area contributed by atoms with Gasteiger partial charge in [0.25, 0.3) is 5.91 Å². The first-order chi connectivity index (χ1) is 10.7. The van der Waals surface area contributed by atoms with Crippen molar-refractivity contribution in [3.8, 4) is 0 Å². The molecule has 1 amide bonds. The second-order valence-electron chi connectivity index (χ2n) is 5.70. The second-order valence-corrected chi connectivity index (χ2v) is 5.70. The van der Waals surface area contributed by atoms with Gasteiger partial charge in [-0.25, -0.2) is 4.98 Å². The molecule has 1 saturated heterocycles. The zero-order valence-electron chi connectivity index (χ0n) is 13.6. The summed E-state index contributed by atoms with van der Waals surface area (Å²) < 4.78 is 5.28. The minimum Gasteiger partial charge on any atom is -0.448 e. The number of halogens is 2. The highest BCUT2D eigenvalue weighted by atomic mass is 35.5. The largest absolute Gasteiger partial charge is 0.448 e. The van der Waals surface area contributed by atoms with Gasteiger partial charge < -0.3 is 15.1 Å².